The van der Waals surface area contributed by atoms with E-state index in [1.807, 2.05) is 6.08 Å². The largest absolute Gasteiger partial charge is 0.394 e. The molecule has 3 heterocycles. The third-order valence-corrected chi connectivity index (χ3v) is 18.7. The first-order chi connectivity index (χ1) is 47.3. The van der Waals surface area contributed by atoms with Gasteiger partial charge >= 0.3 is 0 Å². The van der Waals surface area contributed by atoms with E-state index in [9.17, 15) is 61.0 Å². The summed E-state index contributed by atoms with van der Waals surface area (Å²) in [6.07, 6.45) is 50.5. The minimum Gasteiger partial charge on any atom is -0.394 e. The predicted molar refractivity (Wildman–Crippen MR) is 383 cm³/mol. The minimum absolute atomic E-state index is 0.236. The zero-order valence-corrected chi connectivity index (χ0v) is 59.8. The van der Waals surface area contributed by atoms with Crippen molar-refractivity contribution in [2.45, 2.75) is 375 Å². The van der Waals surface area contributed by atoms with Gasteiger partial charge in [0, 0.05) is 6.42 Å². The molecule has 0 aromatic rings. The fraction of sp³-hybridized carbons (Fsp3) is 0.808. The van der Waals surface area contributed by atoms with Gasteiger partial charge in [-0.15, -0.1) is 0 Å². The van der Waals surface area contributed by atoms with Gasteiger partial charge < -0.3 is 89.9 Å². The van der Waals surface area contributed by atoms with Crippen LogP contribution < -0.4 is 5.32 Å². The van der Waals surface area contributed by atoms with Gasteiger partial charge in [-0.25, -0.2) is 0 Å². The van der Waals surface area contributed by atoms with Crippen molar-refractivity contribution >= 4 is 5.91 Å². The number of carbonyl (C=O) groups excluding carboxylic acids is 1. The molecule has 19 nitrogen and oxygen atoms in total. The Balaban J connectivity index is 1.26. The molecule has 0 radical (unpaired) electrons. The second kappa shape index (κ2) is 58.5. The van der Waals surface area contributed by atoms with E-state index in [1.165, 1.54) is 167 Å². The van der Waals surface area contributed by atoms with Crippen molar-refractivity contribution in [3.05, 3.63) is 85.1 Å². The lowest BCUT2D eigenvalue weighted by Gasteiger charge is -2.48. The highest BCUT2D eigenvalue weighted by atomic mass is 16.8. The molecular formula is C78H137NO18. The van der Waals surface area contributed by atoms with Gasteiger partial charge in [0.1, 0.15) is 73.2 Å². The molecule has 12 N–H and O–H groups in total. The molecule has 19 heteroatoms. The Morgan fingerprint density at radius 1 is 0.381 bits per heavy atom. The number of carbonyl (C=O) groups is 1. The normalized spacial score (nSPS) is 27.4. The molecule has 3 fully saturated rings. The summed E-state index contributed by atoms with van der Waals surface area (Å²) in [5.41, 5.74) is 0. The van der Waals surface area contributed by atoms with E-state index < -0.39 is 124 Å². The van der Waals surface area contributed by atoms with E-state index >= 15 is 0 Å². The quantitative estimate of drug-likeness (QED) is 0.0199. The molecule has 3 saturated heterocycles. The minimum atomic E-state index is -1.98. The van der Waals surface area contributed by atoms with Crippen LogP contribution in [0.15, 0.2) is 85.1 Å². The standard InChI is InChI=1S/C78H137NO18/c1-3-5-7-9-11-13-15-16-17-18-19-20-21-22-23-24-25-26-27-28-29-30-31-32-33-34-35-36-37-38-39-40-41-42-43-44-46-48-50-52-54-56-66(84)79-61(62(83)55-53-51-49-47-45-14-12-10-8-6-4-2)60-92-76-72(90)69(87)74(64(58-81)94-76)97-78-73(91)70(88)75(65(59-82)95-78)96-77-71(89)68(86)67(85)63(57-80)93-77/h5,7,11,13,16-17,19-20,22-23,45,47,53,55,61-65,67-78,80-83,85-91H,3-4,6,8-10,12,14-15,18,21,24-44,46,48-52,54,56-60H2,1-2H3,(H,79,84)/b7-5-,13-11-,17-16-,20-19-,23-22-,47-45+,55-53+. The van der Waals surface area contributed by atoms with Crippen LogP contribution in [0.4, 0.5) is 0 Å². The van der Waals surface area contributed by atoms with Crippen molar-refractivity contribution in [3.8, 4) is 0 Å². The van der Waals surface area contributed by atoms with Crippen molar-refractivity contribution in [2.24, 2.45) is 0 Å². The van der Waals surface area contributed by atoms with Crippen LogP contribution in [0.5, 0.6) is 0 Å². The molecule has 3 aliphatic heterocycles. The number of nitrogens with one attached hydrogen (secondary N) is 1. The smallest absolute Gasteiger partial charge is 0.220 e. The van der Waals surface area contributed by atoms with Gasteiger partial charge in [-0.05, 0) is 77.0 Å². The Bertz CT molecular complexity index is 2080. The van der Waals surface area contributed by atoms with Crippen LogP contribution in [0.1, 0.15) is 271 Å². The number of aliphatic hydroxyl groups is 11. The third-order valence-electron chi connectivity index (χ3n) is 18.7. The summed E-state index contributed by atoms with van der Waals surface area (Å²) < 4.78 is 34.3. The van der Waals surface area contributed by atoms with Gasteiger partial charge in [-0.1, -0.05) is 272 Å². The first-order valence-corrected chi connectivity index (χ1v) is 38.3. The lowest BCUT2D eigenvalue weighted by Crippen LogP contribution is -2.66. The molecule has 17 atom stereocenters. The second-order valence-corrected chi connectivity index (χ2v) is 27.1. The maximum Gasteiger partial charge on any atom is 0.220 e. The second-order valence-electron chi connectivity index (χ2n) is 27.1. The van der Waals surface area contributed by atoms with Gasteiger partial charge in [0.2, 0.25) is 5.91 Å². The topological polar surface area (TPSA) is 307 Å². The molecule has 0 bridgehead atoms. The number of amides is 1. The van der Waals surface area contributed by atoms with Gasteiger partial charge in [-0.2, -0.15) is 0 Å². The van der Waals surface area contributed by atoms with Gasteiger partial charge in [0.15, 0.2) is 18.9 Å². The number of hydrogen-bond donors (Lipinski definition) is 12. The highest BCUT2D eigenvalue weighted by Gasteiger charge is 2.53. The predicted octanol–water partition coefficient (Wildman–Crippen LogP) is 11.8. The maximum absolute atomic E-state index is 13.4. The zero-order chi connectivity index (χ0) is 70.4. The van der Waals surface area contributed by atoms with Crippen LogP contribution in [-0.2, 0) is 33.2 Å². The van der Waals surface area contributed by atoms with Crippen LogP contribution in [0.3, 0.4) is 0 Å². The Kier molecular flexibility index (Phi) is 53.2. The molecular weight excluding hydrogens is 1240 g/mol. The molecule has 0 aromatic heterocycles. The highest BCUT2D eigenvalue weighted by Crippen LogP contribution is 2.33. The number of hydrogen-bond acceptors (Lipinski definition) is 18. The van der Waals surface area contributed by atoms with Gasteiger partial charge in [0.25, 0.3) is 0 Å². The van der Waals surface area contributed by atoms with Crippen LogP contribution in [-0.4, -0.2) is 193 Å². The van der Waals surface area contributed by atoms with Crippen LogP contribution >= 0.6 is 0 Å². The summed E-state index contributed by atoms with van der Waals surface area (Å²) in [4.78, 5) is 13.4. The monoisotopic (exact) mass is 1380 g/mol. The molecule has 3 rings (SSSR count). The third kappa shape index (κ3) is 39.3. The Labute approximate surface area is 584 Å². The Morgan fingerprint density at radius 2 is 0.722 bits per heavy atom. The van der Waals surface area contributed by atoms with Crippen molar-refractivity contribution in [3.63, 3.8) is 0 Å². The Hall–Kier alpha value is -3.03. The zero-order valence-electron chi connectivity index (χ0n) is 59.8. The summed E-state index contributed by atoms with van der Waals surface area (Å²) in [5.74, 6) is -0.285. The molecule has 97 heavy (non-hydrogen) atoms. The average Bonchev–Trinajstić information content (AvgIpc) is 0.790. The molecule has 1 amide bonds. The van der Waals surface area contributed by atoms with Gasteiger partial charge in [0.05, 0.1) is 38.6 Å². The first-order valence-electron chi connectivity index (χ1n) is 38.3. The van der Waals surface area contributed by atoms with Crippen LogP contribution in [0, 0.1) is 0 Å². The van der Waals surface area contributed by atoms with Crippen molar-refractivity contribution in [2.75, 3.05) is 26.4 Å². The Morgan fingerprint density at radius 3 is 1.15 bits per heavy atom. The summed E-state index contributed by atoms with van der Waals surface area (Å²) >= 11 is 0. The van der Waals surface area contributed by atoms with Crippen LogP contribution in [0.25, 0.3) is 0 Å². The number of unbranched alkanes of at least 4 members (excludes halogenated alkanes) is 31. The van der Waals surface area contributed by atoms with Crippen molar-refractivity contribution < 1.29 is 89.4 Å². The maximum atomic E-state index is 13.4. The summed E-state index contributed by atoms with van der Waals surface area (Å²) in [6.45, 7) is 1.57. The molecule has 0 saturated carbocycles. The summed E-state index contributed by atoms with van der Waals surface area (Å²) in [7, 11) is 0. The summed E-state index contributed by atoms with van der Waals surface area (Å²) in [5, 5.41) is 120. The molecule has 0 aromatic carbocycles. The van der Waals surface area contributed by atoms with Gasteiger partial charge in [-0.3, -0.25) is 4.79 Å². The van der Waals surface area contributed by atoms with Crippen molar-refractivity contribution in [1.82, 2.24) is 5.32 Å². The van der Waals surface area contributed by atoms with Crippen LogP contribution in [0.2, 0.25) is 0 Å². The molecule has 3 aliphatic rings. The number of rotatable bonds is 59. The summed E-state index contributed by atoms with van der Waals surface area (Å²) in [6, 6.07) is -0.990. The van der Waals surface area contributed by atoms with E-state index in [0.29, 0.717) is 12.8 Å². The number of allylic oxidation sites excluding steroid dienone is 13. The molecule has 0 spiro atoms. The average molecular weight is 1380 g/mol. The van der Waals surface area contributed by atoms with E-state index in [1.54, 1.807) is 6.08 Å². The number of aliphatic hydroxyl groups excluding tert-OH is 11. The van der Waals surface area contributed by atoms with E-state index in [0.717, 1.165) is 70.6 Å². The first kappa shape index (κ1) is 88.2. The lowest BCUT2D eigenvalue weighted by atomic mass is 9.96. The number of ether oxygens (including phenoxy) is 6. The van der Waals surface area contributed by atoms with E-state index in [2.05, 4.69) is 92.1 Å². The van der Waals surface area contributed by atoms with Crippen molar-refractivity contribution in [1.29, 1.82) is 0 Å². The lowest BCUT2D eigenvalue weighted by molar-refractivity contribution is -0.379. The highest BCUT2D eigenvalue weighted by molar-refractivity contribution is 5.76. The molecule has 562 valence electrons. The molecule has 17 unspecified atom stereocenters. The SMILES string of the molecule is CC/C=C\C/C=C\C/C=C\C/C=C\C/C=C\CCCCCCCCCCCCCCCCCCCCCCCCCCCC(=O)NC(COC1OC(CO)C(OC2OC(CO)C(OC3OC(CO)C(O)C(O)C3O)C(O)C2O)C(O)C1O)C(O)/C=C/CC/C=C/CCCCCCC. The molecule has 0 aliphatic carbocycles. The van der Waals surface area contributed by atoms with E-state index in [-0.39, 0.29) is 18.9 Å². The fourth-order valence-electron chi connectivity index (χ4n) is 12.5. The fourth-order valence-corrected chi connectivity index (χ4v) is 12.5. The van der Waals surface area contributed by atoms with E-state index in [4.69, 9.17) is 28.4 Å².